The van der Waals surface area contributed by atoms with Crippen LogP contribution < -0.4 is 0 Å². The summed E-state index contributed by atoms with van der Waals surface area (Å²) in [5.41, 5.74) is 0. The van der Waals surface area contributed by atoms with Crippen molar-refractivity contribution in [2.45, 2.75) is 0 Å². The van der Waals surface area contributed by atoms with Gasteiger partial charge in [-0.2, -0.15) is 0 Å². The molecule has 13 heavy (non-hydrogen) atoms. The first-order valence-electron chi connectivity index (χ1n) is 2.45. The van der Waals surface area contributed by atoms with Crippen molar-refractivity contribution in [1.29, 1.82) is 0 Å². The van der Waals surface area contributed by atoms with Crippen LogP contribution in [0.3, 0.4) is 0 Å². The van der Waals surface area contributed by atoms with Crippen LogP contribution >= 0.6 is 99.7 Å². The molecular weight excluding hydrogens is 476 g/mol. The third-order valence-electron chi connectivity index (χ3n) is 0.850. The van der Waals surface area contributed by atoms with Gasteiger partial charge >= 0.3 is 126 Å². The molecule has 0 saturated carbocycles. The fourth-order valence-electron chi connectivity index (χ4n) is 0.482. The van der Waals surface area contributed by atoms with Crippen LogP contribution in [0, 0.1) is 0 Å². The first kappa shape index (κ1) is 16.8. The Hall–Kier alpha value is 3.80. The van der Waals surface area contributed by atoms with Crippen molar-refractivity contribution in [1.82, 2.24) is 0 Å². The van der Waals surface area contributed by atoms with Gasteiger partial charge in [0.25, 0.3) is 0 Å². The molecule has 0 spiro atoms. The minimum atomic E-state index is -3.14. The minimum absolute atomic E-state index is 2.80. The Bertz CT molecular complexity index is 137. The average Bonchev–Trinajstić information content (AvgIpc) is 1.44. The van der Waals surface area contributed by atoms with Gasteiger partial charge in [0, 0.05) is 0 Å². The van der Waals surface area contributed by atoms with E-state index in [-0.39, 0.29) is 0 Å². The molecule has 0 amide bonds. The van der Waals surface area contributed by atoms with Crippen molar-refractivity contribution >= 4 is 126 Å². The van der Waals surface area contributed by atoms with E-state index in [1.54, 1.807) is 0 Å². The van der Waals surface area contributed by atoms with Crippen LogP contribution in [0.4, 0.5) is 0 Å². The van der Waals surface area contributed by atoms with Crippen LogP contribution in [0.1, 0.15) is 0 Å². The van der Waals surface area contributed by atoms with E-state index >= 15 is 0 Å². The second kappa shape index (κ2) is 5.63. The molecule has 13 heteroatoms. The van der Waals surface area contributed by atoms with Crippen LogP contribution in [0.5, 0.6) is 0 Å². The van der Waals surface area contributed by atoms with Crippen molar-refractivity contribution < 1.29 is 0 Å². The van der Waals surface area contributed by atoms with Crippen molar-refractivity contribution in [3.05, 3.63) is 0 Å². The van der Waals surface area contributed by atoms with Crippen molar-refractivity contribution in [2.75, 3.05) is 0 Å². The number of halogens is 9. The third-order valence-corrected chi connectivity index (χ3v) is 119. The monoisotopic (exact) mass is 473 g/mol. The molecule has 0 radical (unpaired) electrons. The van der Waals surface area contributed by atoms with E-state index in [0.29, 0.717) is 0 Å². The number of hydrogen-bond donors (Lipinski definition) is 0. The molecule has 0 aliphatic rings. The van der Waals surface area contributed by atoms with E-state index < -0.39 is 26.0 Å². The molecule has 0 aliphatic carbocycles. The van der Waals surface area contributed by atoms with Crippen LogP contribution in [0.2, 0.25) is 0 Å². The van der Waals surface area contributed by atoms with Gasteiger partial charge in [0.15, 0.2) is 0 Å². The Kier molecular flexibility index (Phi) is 7.28. The van der Waals surface area contributed by atoms with E-state index in [1.165, 1.54) is 0 Å². The molecule has 0 unspecified atom stereocenters. The molecular formula is Cl9GeSi3-. The van der Waals surface area contributed by atoms with Gasteiger partial charge in [-0.05, 0) is 0 Å². The normalized spacial score (nSPS) is 15.2. The van der Waals surface area contributed by atoms with Gasteiger partial charge in [0.1, 0.15) is 0 Å². The zero-order chi connectivity index (χ0) is 11.1. The zero-order valence-electron chi connectivity index (χ0n) is 5.40. The second-order valence-corrected chi connectivity index (χ2v) is 74.7. The first-order chi connectivity index (χ1) is 5.37. The Balaban J connectivity index is 5.02. The molecule has 0 nitrogen and oxygen atoms in total. The van der Waals surface area contributed by atoms with E-state index in [2.05, 4.69) is 0 Å². The Labute approximate surface area is 124 Å². The average molecular weight is 476 g/mol. The topological polar surface area (TPSA) is 0 Å². The fourth-order valence-corrected chi connectivity index (χ4v) is 203. The standard InChI is InChI=1S/Cl9GeSi3/c1-11(2,3)10(12(4,5)6)13(7,8)9/q-1. The summed E-state index contributed by atoms with van der Waals surface area (Å²) in [6.45, 7) is 0. The Morgan fingerprint density at radius 1 is 0.462 bits per heavy atom. The summed E-state index contributed by atoms with van der Waals surface area (Å²) in [7, 11) is 0. The van der Waals surface area contributed by atoms with Gasteiger partial charge in [-0.3, -0.25) is 0 Å². The predicted molar refractivity (Wildman–Crippen MR) is 75.7 cm³/mol. The predicted octanol–water partition coefficient (Wildman–Crippen LogP) is 4.68. The van der Waals surface area contributed by atoms with Crippen LogP contribution in [-0.4, -0.2) is 26.0 Å². The fraction of sp³-hybridized carbons (Fsp3) is 0. The first-order valence-corrected chi connectivity index (χ1v) is 27.0. The van der Waals surface area contributed by atoms with Gasteiger partial charge in [-0.1, -0.05) is 0 Å². The molecule has 0 aromatic heterocycles. The third kappa shape index (κ3) is 6.33. The molecule has 0 heterocycles. The molecule has 80 valence electrons. The van der Waals surface area contributed by atoms with Gasteiger partial charge in [0.05, 0.1) is 0 Å². The van der Waals surface area contributed by atoms with Gasteiger partial charge < -0.3 is 0 Å². The van der Waals surface area contributed by atoms with E-state index in [4.69, 9.17) is 99.7 Å². The van der Waals surface area contributed by atoms with Crippen molar-refractivity contribution in [3.8, 4) is 0 Å². The summed E-state index contributed by atoms with van der Waals surface area (Å²) < 4.78 is -9.43. The number of rotatable bonds is 3. The molecule has 0 fully saturated rings. The Morgan fingerprint density at radius 3 is 0.615 bits per heavy atom. The molecule has 0 rings (SSSR count). The molecule has 0 saturated heterocycles. The van der Waals surface area contributed by atoms with E-state index in [9.17, 15) is 0 Å². The molecule has 0 bridgehead atoms. The van der Waals surface area contributed by atoms with Gasteiger partial charge in [0.2, 0.25) is 0 Å². The molecule has 0 aliphatic heterocycles. The Morgan fingerprint density at radius 2 is 0.615 bits per heavy atom. The number of hydrogen-bond acceptors (Lipinski definition) is 0. The van der Waals surface area contributed by atoms with Gasteiger partial charge in [-0.15, -0.1) is 0 Å². The summed E-state index contributed by atoms with van der Waals surface area (Å²) in [6.07, 6.45) is 0. The SMILES string of the molecule is Cl[Si](Cl)(Cl)[Ge-]([Si](Cl)(Cl)Cl)[Si](Cl)(Cl)Cl. The van der Waals surface area contributed by atoms with Gasteiger partial charge in [-0.25, -0.2) is 0 Å². The van der Waals surface area contributed by atoms with E-state index in [0.717, 1.165) is 0 Å². The maximum absolute atomic E-state index is 5.78. The van der Waals surface area contributed by atoms with Crippen LogP contribution in [0.15, 0.2) is 0 Å². The maximum atomic E-state index is 5.78. The van der Waals surface area contributed by atoms with Crippen LogP contribution in [-0.2, 0) is 0 Å². The summed E-state index contributed by atoms with van der Waals surface area (Å²) in [5, 5.41) is 0. The van der Waals surface area contributed by atoms with Crippen LogP contribution in [0.25, 0.3) is 0 Å². The summed E-state index contributed by atoms with van der Waals surface area (Å²) >= 11 is 49.2. The van der Waals surface area contributed by atoms with E-state index in [1.807, 2.05) is 0 Å². The molecule has 0 atom stereocenters. The molecule has 0 aromatic carbocycles. The zero-order valence-corrected chi connectivity index (χ0v) is 17.3. The quantitative estimate of drug-likeness (QED) is 0.410. The second-order valence-electron chi connectivity index (χ2n) is 1.87. The molecule has 0 aromatic rings. The summed E-state index contributed by atoms with van der Waals surface area (Å²) in [5.74, 6) is 0. The molecule has 0 N–H and O–H groups in total. The summed E-state index contributed by atoms with van der Waals surface area (Å²) in [6, 6.07) is 0. The summed E-state index contributed by atoms with van der Waals surface area (Å²) in [4.78, 5) is 0. The van der Waals surface area contributed by atoms with Crippen molar-refractivity contribution in [3.63, 3.8) is 0 Å². The van der Waals surface area contributed by atoms with Crippen molar-refractivity contribution in [2.24, 2.45) is 0 Å².